The van der Waals surface area contributed by atoms with Gasteiger partial charge in [-0.3, -0.25) is 10.4 Å². The summed E-state index contributed by atoms with van der Waals surface area (Å²) < 4.78 is 0.978. The Morgan fingerprint density at radius 3 is 2.93 bits per heavy atom. The largest absolute Gasteiger partial charge is 0.391 e. The molecular formula is C20H25BrN6O. The highest BCUT2D eigenvalue weighted by Crippen LogP contribution is 2.39. The van der Waals surface area contributed by atoms with Crippen molar-refractivity contribution in [1.82, 2.24) is 26.1 Å². The summed E-state index contributed by atoms with van der Waals surface area (Å²) in [5, 5.41) is 13.5. The van der Waals surface area contributed by atoms with Crippen molar-refractivity contribution in [2.75, 3.05) is 24.5 Å². The van der Waals surface area contributed by atoms with Crippen molar-refractivity contribution in [1.29, 1.82) is 0 Å². The smallest absolute Gasteiger partial charge is 0.143 e. The van der Waals surface area contributed by atoms with E-state index in [9.17, 15) is 5.11 Å². The molecule has 4 N–H and O–H groups in total. The van der Waals surface area contributed by atoms with Crippen molar-refractivity contribution in [3.05, 3.63) is 52.4 Å². The average Bonchev–Trinajstić information content (AvgIpc) is 3.35. The van der Waals surface area contributed by atoms with Crippen LogP contribution in [0.3, 0.4) is 0 Å². The summed E-state index contributed by atoms with van der Waals surface area (Å²) in [6.07, 6.45) is 5.33. The molecule has 3 saturated heterocycles. The first-order chi connectivity index (χ1) is 13.7. The Morgan fingerprint density at radius 2 is 2.14 bits per heavy atom. The van der Waals surface area contributed by atoms with E-state index in [2.05, 4.69) is 60.2 Å². The monoisotopic (exact) mass is 444 g/mol. The number of hydrazine groups is 1. The Kier molecular flexibility index (Phi) is 5.06. The maximum atomic E-state index is 9.91. The number of halogens is 1. The lowest BCUT2D eigenvalue weighted by atomic mass is 9.81. The Bertz CT molecular complexity index is 837. The van der Waals surface area contributed by atoms with Crippen molar-refractivity contribution < 1.29 is 5.11 Å². The van der Waals surface area contributed by atoms with Gasteiger partial charge in [0.2, 0.25) is 0 Å². The van der Waals surface area contributed by atoms with Crippen molar-refractivity contribution >= 4 is 21.7 Å². The van der Waals surface area contributed by atoms with Gasteiger partial charge in [0, 0.05) is 50.0 Å². The number of piperidine rings is 1. The van der Waals surface area contributed by atoms with Crippen LogP contribution in [0.25, 0.3) is 0 Å². The second-order valence-corrected chi connectivity index (χ2v) is 8.80. The topological polar surface area (TPSA) is 85.3 Å². The van der Waals surface area contributed by atoms with Gasteiger partial charge in [-0.25, -0.2) is 10.4 Å². The molecule has 0 aromatic carbocycles. The van der Waals surface area contributed by atoms with Crippen LogP contribution in [0.4, 0.5) is 5.82 Å². The molecule has 0 radical (unpaired) electrons. The summed E-state index contributed by atoms with van der Waals surface area (Å²) in [6, 6.07) is 9.16. The van der Waals surface area contributed by atoms with E-state index in [0.29, 0.717) is 24.5 Å². The zero-order valence-corrected chi connectivity index (χ0v) is 17.1. The molecule has 148 valence electrons. The van der Waals surface area contributed by atoms with Crippen LogP contribution < -0.4 is 21.1 Å². The molecule has 2 aromatic rings. The molecule has 0 saturated carbocycles. The number of nitrogens with zero attached hydrogens (tertiary/aromatic N) is 3. The van der Waals surface area contributed by atoms with E-state index < -0.39 is 0 Å². The Morgan fingerprint density at radius 1 is 1.21 bits per heavy atom. The summed E-state index contributed by atoms with van der Waals surface area (Å²) in [4.78, 5) is 11.4. The minimum atomic E-state index is -0.266. The van der Waals surface area contributed by atoms with Gasteiger partial charge < -0.3 is 15.3 Å². The number of fused-ring (bicyclic) bond motifs is 1. The molecule has 8 heteroatoms. The summed E-state index contributed by atoms with van der Waals surface area (Å²) in [7, 11) is 0. The third kappa shape index (κ3) is 3.44. The molecule has 0 aliphatic carbocycles. The molecule has 2 aromatic heterocycles. The Labute approximate surface area is 173 Å². The number of β-amino-alcohol motifs (C(OH)–C–C–N with tert-alkyl or cyclic N) is 1. The Hall–Kier alpha value is -1.58. The van der Waals surface area contributed by atoms with E-state index in [0.717, 1.165) is 41.9 Å². The molecule has 5 heterocycles. The predicted octanol–water partition coefficient (Wildman–Crippen LogP) is 1.68. The van der Waals surface area contributed by atoms with Crippen LogP contribution in [0, 0.1) is 5.92 Å². The zero-order chi connectivity index (χ0) is 19.1. The first-order valence-corrected chi connectivity index (χ1v) is 10.7. The van der Waals surface area contributed by atoms with Gasteiger partial charge in [0.25, 0.3) is 0 Å². The summed E-state index contributed by atoms with van der Waals surface area (Å²) in [6.45, 7) is 2.39. The number of anilines is 1. The van der Waals surface area contributed by atoms with Crippen LogP contribution in [0.1, 0.15) is 36.2 Å². The zero-order valence-electron chi connectivity index (χ0n) is 15.6. The molecular weight excluding hydrogens is 420 g/mol. The van der Waals surface area contributed by atoms with E-state index in [-0.39, 0.29) is 12.1 Å². The standard InChI is InChI=1S/C20H25BrN6O/c21-15-3-4-16(24-20(15)27-7-5-13(28)11-27)19-14-8-17(12-2-1-6-22-9-12)23-10-18(14)25-26-19/h1-4,6,9,13-14,17-19,23,25-26,28H,5,7-8,10-11H2/t13-,14?,17?,18?,19?/m0/s1. The third-order valence-corrected chi connectivity index (χ3v) is 6.80. The minimum absolute atomic E-state index is 0.158. The first-order valence-electron chi connectivity index (χ1n) is 9.93. The van der Waals surface area contributed by atoms with Gasteiger partial charge in [0.15, 0.2) is 0 Å². The molecule has 5 atom stereocenters. The second kappa shape index (κ2) is 7.68. The fraction of sp³-hybridized carbons (Fsp3) is 0.500. The maximum Gasteiger partial charge on any atom is 0.143 e. The molecule has 3 aliphatic heterocycles. The van der Waals surface area contributed by atoms with Gasteiger partial charge in [-0.2, -0.15) is 0 Å². The molecule has 0 amide bonds. The fourth-order valence-corrected chi connectivity index (χ4v) is 5.15. The number of aliphatic hydroxyl groups is 1. The van der Waals surface area contributed by atoms with Gasteiger partial charge in [-0.15, -0.1) is 0 Å². The van der Waals surface area contributed by atoms with Gasteiger partial charge >= 0.3 is 0 Å². The lowest BCUT2D eigenvalue weighted by Crippen LogP contribution is -2.46. The number of rotatable bonds is 3. The predicted molar refractivity (Wildman–Crippen MR) is 111 cm³/mol. The maximum absolute atomic E-state index is 9.91. The lowest BCUT2D eigenvalue weighted by Gasteiger charge is -2.34. The number of aromatic nitrogens is 2. The van der Waals surface area contributed by atoms with Crippen LogP contribution in [0.2, 0.25) is 0 Å². The van der Waals surface area contributed by atoms with E-state index in [4.69, 9.17) is 4.98 Å². The SMILES string of the molecule is O[C@H]1CCN(c2nc(C3NNC4CNC(c5cccnc5)CC43)ccc2Br)C1. The second-order valence-electron chi connectivity index (χ2n) is 7.95. The number of pyridine rings is 2. The van der Waals surface area contributed by atoms with E-state index in [1.54, 1.807) is 0 Å². The minimum Gasteiger partial charge on any atom is -0.391 e. The molecule has 5 rings (SSSR count). The van der Waals surface area contributed by atoms with E-state index in [1.165, 1.54) is 5.56 Å². The summed E-state index contributed by atoms with van der Waals surface area (Å²) in [5.74, 6) is 1.37. The lowest BCUT2D eigenvalue weighted by molar-refractivity contribution is 0.198. The van der Waals surface area contributed by atoms with Crippen molar-refractivity contribution in [2.24, 2.45) is 5.92 Å². The highest BCUT2D eigenvalue weighted by atomic mass is 79.9. The van der Waals surface area contributed by atoms with Crippen LogP contribution in [-0.4, -0.2) is 46.9 Å². The van der Waals surface area contributed by atoms with Gasteiger partial charge in [-0.05, 0) is 52.5 Å². The molecule has 7 nitrogen and oxygen atoms in total. The van der Waals surface area contributed by atoms with Crippen LogP contribution in [-0.2, 0) is 0 Å². The van der Waals surface area contributed by atoms with Crippen LogP contribution in [0.15, 0.2) is 41.1 Å². The van der Waals surface area contributed by atoms with Gasteiger partial charge in [0.05, 0.1) is 22.3 Å². The first kappa shape index (κ1) is 18.4. The van der Waals surface area contributed by atoms with Crippen LogP contribution >= 0.6 is 15.9 Å². The highest BCUT2D eigenvalue weighted by molar-refractivity contribution is 9.10. The van der Waals surface area contributed by atoms with Crippen molar-refractivity contribution in [3.63, 3.8) is 0 Å². The fourth-order valence-electron chi connectivity index (χ4n) is 4.68. The van der Waals surface area contributed by atoms with Crippen molar-refractivity contribution in [3.8, 4) is 0 Å². The molecule has 28 heavy (non-hydrogen) atoms. The summed E-state index contributed by atoms with van der Waals surface area (Å²) in [5.41, 5.74) is 9.22. The molecule has 0 spiro atoms. The number of aliphatic hydroxyl groups excluding tert-OH is 1. The van der Waals surface area contributed by atoms with E-state index >= 15 is 0 Å². The summed E-state index contributed by atoms with van der Waals surface area (Å²) >= 11 is 3.64. The molecule has 4 unspecified atom stereocenters. The number of hydrogen-bond acceptors (Lipinski definition) is 7. The normalized spacial score (nSPS) is 32.5. The van der Waals surface area contributed by atoms with Gasteiger partial charge in [0.1, 0.15) is 5.82 Å². The third-order valence-electron chi connectivity index (χ3n) is 6.18. The highest BCUT2D eigenvalue weighted by Gasteiger charge is 2.42. The molecule has 3 aliphatic rings. The molecule has 3 fully saturated rings. The quantitative estimate of drug-likeness (QED) is 0.572. The van der Waals surface area contributed by atoms with Gasteiger partial charge in [-0.1, -0.05) is 6.07 Å². The number of hydrogen-bond donors (Lipinski definition) is 4. The Balaban J connectivity index is 1.39. The average molecular weight is 445 g/mol. The van der Waals surface area contributed by atoms with E-state index in [1.807, 2.05) is 18.5 Å². The van der Waals surface area contributed by atoms with Crippen LogP contribution in [0.5, 0.6) is 0 Å². The van der Waals surface area contributed by atoms with Crippen molar-refractivity contribution in [2.45, 2.75) is 37.1 Å². The number of nitrogens with one attached hydrogen (secondary N) is 3. The molecule has 0 bridgehead atoms.